The van der Waals surface area contributed by atoms with Crippen LogP contribution in [0.4, 0.5) is 11.4 Å². The highest BCUT2D eigenvalue weighted by Crippen LogP contribution is 2.28. The molecule has 7 nitrogen and oxygen atoms in total. The van der Waals surface area contributed by atoms with E-state index in [1.807, 2.05) is 0 Å². The van der Waals surface area contributed by atoms with Crippen LogP contribution in [0.3, 0.4) is 0 Å². The second-order valence-corrected chi connectivity index (χ2v) is 7.26. The van der Waals surface area contributed by atoms with Crippen molar-refractivity contribution in [2.24, 2.45) is 0 Å². The Kier molecular flexibility index (Phi) is 6.26. The third kappa shape index (κ3) is 4.66. The molecule has 1 saturated heterocycles. The van der Waals surface area contributed by atoms with Crippen molar-refractivity contribution in [2.75, 3.05) is 31.1 Å². The topological polar surface area (TPSA) is 75.9 Å². The number of carbonyl (C=O) groups is 1. The van der Waals surface area contributed by atoms with Gasteiger partial charge in [0.25, 0.3) is 11.6 Å². The standard InChI is InChI=1S/C19H19Cl2N3O4/c1-13(28-18-7-2-14(20)12-17(18)21)19(25)23-10-8-22(9-11-23)15-3-5-16(6-4-15)24(26)27/h2-7,12-13H,8-11H2,1H3. The molecule has 0 radical (unpaired) electrons. The van der Waals surface area contributed by atoms with Crippen LogP contribution in [0.1, 0.15) is 6.92 Å². The van der Waals surface area contributed by atoms with Crippen molar-refractivity contribution in [3.05, 3.63) is 62.6 Å². The minimum Gasteiger partial charge on any atom is -0.479 e. The number of nitrogens with zero attached hydrogens (tertiary/aromatic N) is 3. The van der Waals surface area contributed by atoms with Gasteiger partial charge in [-0.2, -0.15) is 0 Å². The van der Waals surface area contributed by atoms with E-state index in [1.54, 1.807) is 42.2 Å². The second kappa shape index (κ2) is 8.67. The summed E-state index contributed by atoms with van der Waals surface area (Å²) in [5.41, 5.74) is 0.958. The number of rotatable bonds is 5. The SMILES string of the molecule is CC(Oc1ccc(Cl)cc1Cl)C(=O)N1CCN(c2ccc([N+](=O)[O-])cc2)CC1. The molecule has 1 heterocycles. The van der Waals surface area contributed by atoms with Crippen LogP contribution >= 0.6 is 23.2 Å². The molecule has 0 spiro atoms. The van der Waals surface area contributed by atoms with E-state index in [4.69, 9.17) is 27.9 Å². The van der Waals surface area contributed by atoms with E-state index < -0.39 is 11.0 Å². The predicted octanol–water partition coefficient (Wildman–Crippen LogP) is 4.02. The molecule has 28 heavy (non-hydrogen) atoms. The first-order valence-electron chi connectivity index (χ1n) is 8.75. The maximum atomic E-state index is 12.7. The molecule has 1 unspecified atom stereocenters. The summed E-state index contributed by atoms with van der Waals surface area (Å²) in [4.78, 5) is 26.9. The first kappa shape index (κ1) is 20.2. The molecule has 0 saturated carbocycles. The van der Waals surface area contributed by atoms with E-state index in [0.717, 1.165) is 5.69 Å². The van der Waals surface area contributed by atoms with Gasteiger partial charge >= 0.3 is 0 Å². The highest BCUT2D eigenvalue weighted by Gasteiger charge is 2.26. The summed E-state index contributed by atoms with van der Waals surface area (Å²) in [5.74, 6) is 0.297. The minimum atomic E-state index is -0.676. The van der Waals surface area contributed by atoms with Crippen molar-refractivity contribution < 1.29 is 14.5 Å². The molecule has 1 amide bonds. The number of amides is 1. The van der Waals surface area contributed by atoms with Crippen LogP contribution in [-0.2, 0) is 4.79 Å². The van der Waals surface area contributed by atoms with E-state index in [-0.39, 0.29) is 11.6 Å². The molecule has 0 aromatic heterocycles. The molecule has 1 aliphatic rings. The van der Waals surface area contributed by atoms with Crippen LogP contribution in [0.15, 0.2) is 42.5 Å². The molecule has 0 bridgehead atoms. The van der Waals surface area contributed by atoms with Crippen molar-refractivity contribution in [1.82, 2.24) is 4.90 Å². The summed E-state index contributed by atoms with van der Waals surface area (Å²) in [7, 11) is 0. The van der Waals surface area contributed by atoms with Gasteiger partial charge in [-0.15, -0.1) is 0 Å². The van der Waals surface area contributed by atoms with Crippen LogP contribution in [0.2, 0.25) is 10.0 Å². The first-order chi connectivity index (χ1) is 13.3. The Bertz CT molecular complexity index is 868. The van der Waals surface area contributed by atoms with E-state index in [2.05, 4.69) is 4.90 Å². The van der Waals surface area contributed by atoms with Gasteiger partial charge in [0, 0.05) is 49.0 Å². The summed E-state index contributed by atoms with van der Waals surface area (Å²) >= 11 is 12.0. The van der Waals surface area contributed by atoms with Crippen LogP contribution in [-0.4, -0.2) is 48.0 Å². The Labute approximate surface area is 172 Å². The lowest BCUT2D eigenvalue weighted by Gasteiger charge is -2.37. The first-order valence-corrected chi connectivity index (χ1v) is 9.50. The fourth-order valence-corrected chi connectivity index (χ4v) is 3.49. The Hall–Kier alpha value is -2.51. The summed E-state index contributed by atoms with van der Waals surface area (Å²) in [6.07, 6.45) is -0.676. The van der Waals surface area contributed by atoms with Gasteiger partial charge in [-0.25, -0.2) is 0 Å². The largest absolute Gasteiger partial charge is 0.479 e. The lowest BCUT2D eigenvalue weighted by atomic mass is 10.2. The average molecular weight is 424 g/mol. The van der Waals surface area contributed by atoms with Crippen LogP contribution in [0.5, 0.6) is 5.75 Å². The number of non-ortho nitro benzene ring substituents is 1. The van der Waals surface area contributed by atoms with Gasteiger partial charge in [-0.05, 0) is 37.3 Å². The van der Waals surface area contributed by atoms with E-state index >= 15 is 0 Å². The molecule has 2 aromatic carbocycles. The summed E-state index contributed by atoms with van der Waals surface area (Å²) in [5, 5.41) is 11.6. The third-order valence-corrected chi connectivity index (χ3v) is 5.09. The van der Waals surface area contributed by atoms with Gasteiger partial charge in [0.1, 0.15) is 5.75 Å². The molecule has 0 N–H and O–H groups in total. The highest BCUT2D eigenvalue weighted by molar-refractivity contribution is 6.35. The number of hydrogen-bond acceptors (Lipinski definition) is 5. The van der Waals surface area contributed by atoms with Crippen LogP contribution in [0, 0.1) is 10.1 Å². The van der Waals surface area contributed by atoms with Crippen molar-refractivity contribution in [3.8, 4) is 5.75 Å². The van der Waals surface area contributed by atoms with Crippen molar-refractivity contribution >= 4 is 40.5 Å². The second-order valence-electron chi connectivity index (χ2n) is 6.42. The fourth-order valence-electron chi connectivity index (χ4n) is 3.04. The maximum absolute atomic E-state index is 12.7. The zero-order valence-electron chi connectivity index (χ0n) is 15.2. The van der Waals surface area contributed by atoms with Crippen LogP contribution in [0.25, 0.3) is 0 Å². The molecule has 2 aromatic rings. The Morgan fingerprint density at radius 3 is 2.32 bits per heavy atom. The molecule has 1 fully saturated rings. The van der Waals surface area contributed by atoms with Crippen molar-refractivity contribution in [3.63, 3.8) is 0 Å². The van der Waals surface area contributed by atoms with E-state index in [0.29, 0.717) is 42.0 Å². The van der Waals surface area contributed by atoms with E-state index in [9.17, 15) is 14.9 Å². The average Bonchev–Trinajstić information content (AvgIpc) is 2.69. The van der Waals surface area contributed by atoms with Crippen molar-refractivity contribution in [2.45, 2.75) is 13.0 Å². The molecule has 9 heteroatoms. The Morgan fingerprint density at radius 2 is 1.75 bits per heavy atom. The van der Waals surface area contributed by atoms with Crippen molar-refractivity contribution in [1.29, 1.82) is 0 Å². The normalized spacial score (nSPS) is 15.2. The minimum absolute atomic E-state index is 0.0596. The molecule has 1 aliphatic heterocycles. The molecule has 1 atom stereocenters. The molecule has 3 rings (SSSR count). The number of benzene rings is 2. The van der Waals surface area contributed by atoms with Gasteiger partial charge in [0.15, 0.2) is 6.10 Å². The zero-order chi connectivity index (χ0) is 20.3. The highest BCUT2D eigenvalue weighted by atomic mass is 35.5. The fraction of sp³-hybridized carbons (Fsp3) is 0.316. The summed E-state index contributed by atoms with van der Waals surface area (Å²) < 4.78 is 5.70. The Balaban J connectivity index is 1.56. The molecule has 148 valence electrons. The number of carbonyl (C=O) groups excluding carboxylic acids is 1. The lowest BCUT2D eigenvalue weighted by Crippen LogP contribution is -2.52. The number of hydrogen-bond donors (Lipinski definition) is 0. The van der Waals surface area contributed by atoms with Gasteiger partial charge in [-0.1, -0.05) is 23.2 Å². The van der Waals surface area contributed by atoms with Gasteiger partial charge < -0.3 is 14.5 Å². The number of nitro benzene ring substituents is 1. The van der Waals surface area contributed by atoms with E-state index in [1.165, 1.54) is 12.1 Å². The number of anilines is 1. The predicted molar refractivity (Wildman–Crippen MR) is 108 cm³/mol. The number of nitro groups is 1. The molecular formula is C19H19Cl2N3O4. The summed E-state index contributed by atoms with van der Waals surface area (Å²) in [6.45, 7) is 4.04. The third-order valence-electron chi connectivity index (χ3n) is 4.56. The number of halogens is 2. The number of piperazine rings is 1. The number of ether oxygens (including phenoxy) is 1. The Morgan fingerprint density at radius 1 is 1.11 bits per heavy atom. The summed E-state index contributed by atoms with van der Waals surface area (Å²) in [6, 6.07) is 11.3. The smallest absolute Gasteiger partial charge is 0.269 e. The quantitative estimate of drug-likeness (QED) is 0.536. The van der Waals surface area contributed by atoms with Gasteiger partial charge in [-0.3, -0.25) is 14.9 Å². The van der Waals surface area contributed by atoms with Gasteiger partial charge in [0.2, 0.25) is 0 Å². The zero-order valence-corrected chi connectivity index (χ0v) is 16.7. The molecule has 0 aliphatic carbocycles. The maximum Gasteiger partial charge on any atom is 0.269 e. The van der Waals surface area contributed by atoms with Gasteiger partial charge in [0.05, 0.1) is 9.95 Å². The lowest BCUT2D eigenvalue weighted by molar-refractivity contribution is -0.384. The molecular weight excluding hydrogens is 405 g/mol. The van der Waals surface area contributed by atoms with Crippen LogP contribution < -0.4 is 9.64 Å². The monoisotopic (exact) mass is 423 g/mol.